The Labute approximate surface area is 1080 Å². The number of thiophene rings is 13. The van der Waals surface area contributed by atoms with E-state index in [2.05, 4.69) is 270 Å². The van der Waals surface area contributed by atoms with Crippen molar-refractivity contribution in [1.82, 2.24) is 0 Å². The Hall–Kier alpha value is 3.81. The third-order valence-electron chi connectivity index (χ3n) is 15.9. The van der Waals surface area contributed by atoms with Gasteiger partial charge in [0.1, 0.15) is 14.6 Å². The van der Waals surface area contributed by atoms with Gasteiger partial charge in [0.05, 0.1) is 46.0 Å². The molecular weight excluding hydrogens is 2840 g/mol. The van der Waals surface area contributed by atoms with E-state index in [-0.39, 0.29) is 200 Å². The van der Waals surface area contributed by atoms with Gasteiger partial charge in [0, 0.05) is 111 Å². The first-order valence-corrected chi connectivity index (χ1v) is 66.3. The van der Waals surface area contributed by atoms with Gasteiger partial charge in [-0.25, -0.2) is 44.5 Å². The molecule has 0 saturated heterocycles. The maximum absolute atomic E-state index is 11.6. The van der Waals surface area contributed by atoms with E-state index in [9.17, 15) is 43.2 Å². The summed E-state index contributed by atoms with van der Waals surface area (Å²) in [5, 5.41) is 48.5. The number of rotatable bonds is 17. The summed E-state index contributed by atoms with van der Waals surface area (Å²) in [6, 6.07) is 2.10. The summed E-state index contributed by atoms with van der Waals surface area (Å²) in [4.78, 5) is 113. The Morgan fingerprint density at radius 1 is 0.449 bits per heavy atom. The van der Waals surface area contributed by atoms with Gasteiger partial charge in [-0.3, -0.25) is 33.6 Å². The Morgan fingerprint density at radius 2 is 0.797 bits per heavy atom. The molecule has 0 atom stereocenters. The fourth-order valence-corrected chi connectivity index (χ4v) is 28.0. The minimum atomic E-state index is -1.72. The largest absolute Gasteiger partial charge is 1.00 e. The first kappa shape index (κ1) is 157. The third kappa shape index (κ3) is 62.4. The van der Waals surface area contributed by atoms with Crippen LogP contribution in [0.15, 0.2) is 99.7 Å². The van der Waals surface area contributed by atoms with Crippen molar-refractivity contribution in [1.29, 1.82) is 0 Å². The number of aryl methyl sites for hydroxylation is 9. The first-order valence-electron chi connectivity index (χ1n) is 38.7. The molecule has 0 unspecified atom stereocenters. The average molecular weight is 2940 g/mol. The molecule has 138 heavy (non-hydrogen) atoms. The van der Waals surface area contributed by atoms with Crippen LogP contribution in [0.1, 0.15) is 242 Å². The van der Waals surface area contributed by atoms with Crippen molar-refractivity contribution < 1.29 is 225 Å². The molecule has 0 amide bonds. The fourth-order valence-electron chi connectivity index (χ4n) is 9.01. The minimum Gasteiger partial charge on any atom is -1.00 e. The van der Waals surface area contributed by atoms with Crippen LogP contribution in [0.25, 0.3) is 28.2 Å². The number of halogens is 14. The monoisotopic (exact) mass is 2930 g/mol. The van der Waals surface area contributed by atoms with Crippen LogP contribution in [0.4, 0.5) is 0 Å². The van der Waals surface area contributed by atoms with Crippen LogP contribution in [0.3, 0.4) is 0 Å². The van der Waals surface area contributed by atoms with Gasteiger partial charge >= 0.3 is 176 Å². The molecule has 13 rings (SSSR count). The zero-order valence-corrected chi connectivity index (χ0v) is 118. The smallest absolute Gasteiger partial charge is 1.00 e. The van der Waals surface area contributed by atoms with E-state index in [4.69, 9.17) is 66.8 Å². The molecule has 0 saturated carbocycles. The molecule has 0 aliphatic heterocycles. The second-order valence-electron chi connectivity index (χ2n) is 26.3. The van der Waals surface area contributed by atoms with Gasteiger partial charge in [0.2, 0.25) is 5.24 Å². The molecule has 0 spiro atoms. The molecule has 13 aromatic heterocycles. The van der Waals surface area contributed by atoms with E-state index in [0.717, 1.165) is 128 Å². The van der Waals surface area contributed by atoms with Gasteiger partial charge in [-0.2, -0.15) is 41.7 Å². The van der Waals surface area contributed by atoms with Gasteiger partial charge < -0.3 is 43.7 Å². The topological polar surface area (TPSA) is 292 Å². The molecule has 746 valence electrons. The second kappa shape index (κ2) is 90.1. The van der Waals surface area contributed by atoms with E-state index < -0.39 is 23.3 Å². The molecule has 3 N–H and O–H groups in total. The predicted molar refractivity (Wildman–Crippen MR) is 624 cm³/mol. The fraction of sp³-hybridized carbons (Fsp3) is 0.352. The Morgan fingerprint density at radius 3 is 0.971 bits per heavy atom. The molecule has 13 aromatic rings. The number of carbonyl (C=O) groups is 10. The Bertz CT molecular complexity index is 5360. The molecule has 0 bridgehead atoms. The van der Waals surface area contributed by atoms with Gasteiger partial charge in [0.15, 0.2) is 23.1 Å². The zero-order chi connectivity index (χ0) is 103. The van der Waals surface area contributed by atoms with Gasteiger partial charge in [-0.05, 0) is 393 Å². The first-order chi connectivity index (χ1) is 62.3. The predicted octanol–water partition coefficient (Wildman–Crippen LogP) is 26.2. The number of Topliss-reactive ketones (excluding diaryl/α,β-unsaturated/α-hetero) is 4. The number of ketones is 4. The van der Waals surface area contributed by atoms with E-state index in [0.29, 0.717) is 29.4 Å². The van der Waals surface area contributed by atoms with Crippen molar-refractivity contribution in [2.45, 2.75) is 190 Å². The molecule has 13 heterocycles. The number of aromatic carboxylic acids is 2. The third-order valence-corrected chi connectivity index (χ3v) is 41.4. The van der Waals surface area contributed by atoms with E-state index in [1.165, 1.54) is 138 Å². The number of thiol groups is 1. The van der Waals surface area contributed by atoms with Crippen LogP contribution in [0.5, 0.6) is 0 Å². The molecular formula is C88H103AlBr10Cl4K2Li2O17S14. The molecule has 0 fully saturated rings. The van der Waals surface area contributed by atoms with Crippen LogP contribution in [0, 0.1) is 96.9 Å². The molecule has 0 radical (unpaired) electrons. The van der Waals surface area contributed by atoms with Crippen molar-refractivity contribution in [3.05, 3.63) is 213 Å². The average Bonchev–Trinajstić information content (AvgIpc) is 1.64. The molecule has 0 aliphatic rings. The van der Waals surface area contributed by atoms with E-state index in [1.807, 2.05) is 90.8 Å². The number of hydrogen-bond donors (Lipinski definition) is 3. The van der Waals surface area contributed by atoms with Crippen LogP contribution in [0.2, 0.25) is 0 Å². The quantitative estimate of drug-likeness (QED) is 0.00729. The standard InChI is InChI=1S/C11H12O2S2.2C9H8O2S2.4C7H7BrOS.C7H13ClO.C5H3Br3S.C5H5BrS.C5H6S.C4H8O2S.C4H9.CH2O3.Al.Br2.3ClH.2K.2Li.H2O.H/c1-4-13-11(12)10-7(3)9-8(15-10)6(2)5-14-9;2*1-4-3-12-7-5(2)8(9(10)11)13-6(4)7;3*1-4-6(8)3-10-7(4)5(2)9;1-4-3-10-7(5(2)9)6(4)8;1-2-3-4-5-6-7(8)9;1-2-3(6)5(8)9-4(2)7;1-4-2-7-3-5(4)6;1-5-2-3-6-4-5;1-2-6-4(5)3-7;1-3-4-2;2-1-4-3;;1-2;;;;;;;;;/h5H,4H2,1-3H3;2*3H,1-2H3,(H,10,11);4*3H,1-2H3;2-6H2,1H3;1H3;2-3H,1H3;2-4H,1H3;7H,2-3H2,1H3;1,3-4H2,2H3;1,3H;;;3*1H;;;;;1H2;/q;;;;;;;;;;;;-1;;+3;;;;;4*+1;;-1/p-5. The maximum atomic E-state index is 11.6. The number of esters is 2. The van der Waals surface area contributed by atoms with Crippen LogP contribution >= 0.6 is 357 Å². The van der Waals surface area contributed by atoms with Crippen molar-refractivity contribution in [3.8, 4) is 0 Å². The summed E-state index contributed by atoms with van der Waals surface area (Å²) in [5.41, 5.74) is 14.7. The summed E-state index contributed by atoms with van der Waals surface area (Å²) in [5.74, 6) is -1.34. The van der Waals surface area contributed by atoms with Gasteiger partial charge in [-0.15, -0.1) is 125 Å². The number of unbranched alkanes of at least 4 members (excludes halogenated alkanes) is 4. The second-order valence-corrected chi connectivity index (χ2v) is 52.9. The van der Waals surface area contributed by atoms with Crippen molar-refractivity contribution in [2.75, 3.05) is 19.0 Å². The summed E-state index contributed by atoms with van der Waals surface area (Å²) >= 11 is 59.9. The van der Waals surface area contributed by atoms with Crippen molar-refractivity contribution in [3.63, 3.8) is 0 Å². The van der Waals surface area contributed by atoms with Gasteiger partial charge in [0.25, 0.3) is 6.47 Å². The number of carbonyl (C=O) groups excluding carboxylic acids is 8. The summed E-state index contributed by atoms with van der Waals surface area (Å²) in [7, 11) is 14.8. The van der Waals surface area contributed by atoms with Crippen molar-refractivity contribution >= 4 is 456 Å². The zero-order valence-electron chi connectivity index (χ0n) is 81.5. The number of ether oxygens (including phenoxy) is 2. The number of fused-ring (bicyclic) bond motifs is 3. The maximum Gasteiger partial charge on any atom is 1.00 e. The molecule has 17 nitrogen and oxygen atoms in total. The van der Waals surface area contributed by atoms with Crippen LogP contribution < -0.4 is 146 Å². The van der Waals surface area contributed by atoms with E-state index in [1.54, 1.807) is 114 Å². The summed E-state index contributed by atoms with van der Waals surface area (Å²) in [6.45, 7) is 44.4. The number of carboxylic acids is 2. The van der Waals surface area contributed by atoms with Crippen LogP contribution in [-0.2, 0) is 28.7 Å². The summed E-state index contributed by atoms with van der Waals surface area (Å²) in [6.07, 6.45) is 7.33. The van der Waals surface area contributed by atoms with E-state index >= 15 is 0 Å². The SMILES string of the molecule is BrBr.CC(=O)c1scc(Br)c1C.CC(=O)c1scc(Br)c1C.CC(=O)c1scc(Br)c1C.CC(=O)c1scc(C)c1Br.CCCCCCC(=O)Cl.CCOC(=O)CS.CCOC(=O)c1sc2c(C)csc2c1C.Cc1c(Br)sc(Br)c1Br.Cc1ccsc1.Cc1csc2c(C)c(C(=O)O)sc12.Cc1csc2c(C)c(C(=O)O)sc12.Cc1cscc1Br.O=CO[O-].[CH2-]CCC.[Cl][Al]([Cl])[Cl].[H-].[K+].[K+].[Li+].[Li+].[OH-]. The number of carboxylic acid groups (broad SMARTS) is 2. The van der Waals surface area contributed by atoms with Crippen LogP contribution in [-0.4, -0.2) is 105 Å². The minimum absolute atomic E-state index is 0. The normalized spacial score (nSPS) is 9.29. The number of hydrogen-bond acceptors (Lipinski definition) is 29. The summed E-state index contributed by atoms with van der Waals surface area (Å²) < 4.78 is 25.2. The Balaban J connectivity index is -0.000000188. The Kier molecular flexibility index (Phi) is 102. The molecule has 0 aromatic carbocycles. The molecule has 0 aliphatic carbocycles. The van der Waals surface area contributed by atoms with Crippen molar-refractivity contribution in [2.24, 2.45) is 0 Å². The molecule has 50 heteroatoms. The van der Waals surface area contributed by atoms with Gasteiger partial charge in [-0.1, -0.05) is 39.5 Å².